The van der Waals surface area contributed by atoms with Gasteiger partial charge in [-0.15, -0.1) is 11.8 Å². The normalized spacial score (nSPS) is 15.9. The molecule has 1 heterocycles. The van der Waals surface area contributed by atoms with Crippen LogP contribution >= 0.6 is 11.8 Å². The summed E-state index contributed by atoms with van der Waals surface area (Å²) in [5.41, 5.74) is 1.14. The van der Waals surface area contributed by atoms with Gasteiger partial charge in [-0.05, 0) is 17.7 Å². The Hall–Kier alpha value is -1.82. The van der Waals surface area contributed by atoms with Gasteiger partial charge >= 0.3 is 5.97 Å². The number of carboxylic acids is 1. The van der Waals surface area contributed by atoms with Gasteiger partial charge in [0.25, 0.3) is 0 Å². The first-order chi connectivity index (χ1) is 8.58. The lowest BCUT2D eigenvalue weighted by molar-refractivity contribution is -0.136. The highest BCUT2D eigenvalue weighted by Crippen LogP contribution is 2.21. The van der Waals surface area contributed by atoms with Crippen molar-refractivity contribution in [2.45, 2.75) is 6.42 Å². The molecule has 0 spiro atoms. The fraction of sp³-hybridized carbons (Fsp3) is 0.250. The molecule has 0 aromatic heterocycles. The molecule has 1 aliphatic rings. The summed E-state index contributed by atoms with van der Waals surface area (Å²) in [6.45, 7) is 0. The van der Waals surface area contributed by atoms with Gasteiger partial charge in [-0.3, -0.25) is 14.4 Å². The van der Waals surface area contributed by atoms with E-state index >= 15 is 0 Å². The molecule has 1 saturated heterocycles. The van der Waals surface area contributed by atoms with E-state index in [0.29, 0.717) is 22.8 Å². The quantitative estimate of drug-likeness (QED) is 0.823. The van der Waals surface area contributed by atoms with Crippen molar-refractivity contribution in [2.24, 2.45) is 0 Å². The van der Waals surface area contributed by atoms with Crippen LogP contribution in [0.15, 0.2) is 24.3 Å². The van der Waals surface area contributed by atoms with Crippen molar-refractivity contribution in [1.82, 2.24) is 0 Å². The Kier molecular flexibility index (Phi) is 3.66. The molecule has 0 bridgehead atoms. The van der Waals surface area contributed by atoms with E-state index in [1.807, 2.05) is 0 Å². The number of rotatable bonds is 3. The van der Waals surface area contributed by atoms with Crippen LogP contribution in [0, 0.1) is 0 Å². The zero-order chi connectivity index (χ0) is 13.1. The van der Waals surface area contributed by atoms with Crippen molar-refractivity contribution in [3.63, 3.8) is 0 Å². The second-order valence-corrected chi connectivity index (χ2v) is 4.84. The number of hydrogen-bond donors (Lipinski definition) is 1. The lowest BCUT2D eigenvalue weighted by Crippen LogP contribution is -2.43. The maximum atomic E-state index is 11.7. The highest BCUT2D eigenvalue weighted by Gasteiger charge is 2.27. The lowest BCUT2D eigenvalue weighted by atomic mass is 10.1. The van der Waals surface area contributed by atoms with Gasteiger partial charge in [-0.2, -0.15) is 0 Å². The minimum Gasteiger partial charge on any atom is -0.481 e. The fourth-order valence-electron chi connectivity index (χ4n) is 1.72. The van der Waals surface area contributed by atoms with Gasteiger partial charge in [-0.1, -0.05) is 12.1 Å². The first kappa shape index (κ1) is 12.6. The molecule has 0 atom stereocenters. The summed E-state index contributed by atoms with van der Waals surface area (Å²) in [6.07, 6.45) is -0.0714. The van der Waals surface area contributed by atoms with E-state index in [2.05, 4.69) is 0 Å². The van der Waals surface area contributed by atoms with Crippen molar-refractivity contribution in [2.75, 3.05) is 16.4 Å². The van der Waals surface area contributed by atoms with E-state index < -0.39 is 5.97 Å². The molecule has 0 aliphatic carbocycles. The van der Waals surface area contributed by atoms with Gasteiger partial charge in [0, 0.05) is 0 Å². The molecule has 0 unspecified atom stereocenters. The van der Waals surface area contributed by atoms with E-state index in [-0.39, 0.29) is 18.2 Å². The predicted octanol–water partition coefficient (Wildman–Crippen LogP) is 0.920. The van der Waals surface area contributed by atoms with Crippen LogP contribution in [0.4, 0.5) is 5.69 Å². The standard InChI is InChI=1S/C12H11NO4S/c14-10-6-18-7-11(15)13(10)9-3-1-8(2-4-9)5-12(16)17/h1-4H,5-7H2,(H,16,17). The Morgan fingerprint density at radius 1 is 1.17 bits per heavy atom. The minimum absolute atomic E-state index is 0.0714. The number of carbonyl (C=O) groups is 3. The summed E-state index contributed by atoms with van der Waals surface area (Å²) in [6, 6.07) is 6.44. The van der Waals surface area contributed by atoms with Crippen LogP contribution in [-0.2, 0) is 20.8 Å². The molecular weight excluding hydrogens is 254 g/mol. The number of anilines is 1. The molecule has 1 fully saturated rings. The van der Waals surface area contributed by atoms with E-state index in [1.54, 1.807) is 24.3 Å². The SMILES string of the molecule is O=C(O)Cc1ccc(N2C(=O)CSCC2=O)cc1. The molecule has 5 nitrogen and oxygen atoms in total. The summed E-state index contributed by atoms with van der Waals surface area (Å²) in [5.74, 6) is -0.792. The Morgan fingerprint density at radius 2 is 1.72 bits per heavy atom. The third-order valence-electron chi connectivity index (χ3n) is 2.50. The Morgan fingerprint density at radius 3 is 2.22 bits per heavy atom. The van der Waals surface area contributed by atoms with Crippen LogP contribution in [0.1, 0.15) is 5.56 Å². The average molecular weight is 265 g/mol. The van der Waals surface area contributed by atoms with Crippen molar-refractivity contribution in [3.8, 4) is 0 Å². The number of amides is 2. The molecule has 6 heteroatoms. The molecule has 1 aliphatic heterocycles. The van der Waals surface area contributed by atoms with Crippen LogP contribution in [0.25, 0.3) is 0 Å². The summed E-state index contributed by atoms with van der Waals surface area (Å²) < 4.78 is 0. The highest BCUT2D eigenvalue weighted by molar-refractivity contribution is 8.00. The van der Waals surface area contributed by atoms with Gasteiger partial charge in [0.05, 0.1) is 23.6 Å². The van der Waals surface area contributed by atoms with Gasteiger partial charge in [0.15, 0.2) is 0 Å². The van der Waals surface area contributed by atoms with Gasteiger partial charge < -0.3 is 5.11 Å². The number of hydrogen-bond acceptors (Lipinski definition) is 4. The Bertz CT molecular complexity index is 481. The third kappa shape index (κ3) is 2.70. The van der Waals surface area contributed by atoms with Crippen LogP contribution < -0.4 is 4.90 Å². The second kappa shape index (κ2) is 5.22. The lowest BCUT2D eigenvalue weighted by Gasteiger charge is -2.24. The predicted molar refractivity (Wildman–Crippen MR) is 67.6 cm³/mol. The average Bonchev–Trinajstić information content (AvgIpc) is 2.30. The molecule has 1 N–H and O–H groups in total. The maximum absolute atomic E-state index is 11.7. The minimum atomic E-state index is -0.913. The Labute approximate surface area is 108 Å². The summed E-state index contributed by atoms with van der Waals surface area (Å²) in [4.78, 5) is 35.0. The molecule has 1 aromatic carbocycles. The zero-order valence-corrected chi connectivity index (χ0v) is 10.3. The largest absolute Gasteiger partial charge is 0.481 e. The molecule has 1 aromatic rings. The topological polar surface area (TPSA) is 74.7 Å². The van der Waals surface area contributed by atoms with Crippen LogP contribution in [0.2, 0.25) is 0 Å². The van der Waals surface area contributed by atoms with Gasteiger partial charge in [0.1, 0.15) is 0 Å². The van der Waals surface area contributed by atoms with E-state index in [4.69, 9.17) is 5.11 Å². The number of aliphatic carboxylic acids is 1. The first-order valence-corrected chi connectivity index (χ1v) is 6.47. The Balaban J connectivity index is 2.20. The van der Waals surface area contributed by atoms with Crippen molar-refractivity contribution in [3.05, 3.63) is 29.8 Å². The summed E-state index contributed by atoms with van der Waals surface area (Å²) >= 11 is 1.30. The maximum Gasteiger partial charge on any atom is 0.307 e. The van der Waals surface area contributed by atoms with Crippen molar-refractivity contribution < 1.29 is 19.5 Å². The number of imide groups is 1. The first-order valence-electron chi connectivity index (χ1n) is 5.32. The molecule has 18 heavy (non-hydrogen) atoms. The third-order valence-corrected chi connectivity index (χ3v) is 3.40. The number of carboxylic acid groups (broad SMARTS) is 1. The molecule has 0 radical (unpaired) electrons. The smallest absolute Gasteiger partial charge is 0.307 e. The van der Waals surface area contributed by atoms with Crippen molar-refractivity contribution in [1.29, 1.82) is 0 Å². The van der Waals surface area contributed by atoms with Gasteiger partial charge in [0.2, 0.25) is 11.8 Å². The zero-order valence-electron chi connectivity index (χ0n) is 9.46. The molecule has 94 valence electrons. The van der Waals surface area contributed by atoms with Crippen LogP contribution in [-0.4, -0.2) is 34.4 Å². The van der Waals surface area contributed by atoms with Crippen LogP contribution in [0.5, 0.6) is 0 Å². The highest BCUT2D eigenvalue weighted by atomic mass is 32.2. The summed E-state index contributed by atoms with van der Waals surface area (Å²) in [7, 11) is 0. The van der Waals surface area contributed by atoms with Crippen LogP contribution in [0.3, 0.4) is 0 Å². The van der Waals surface area contributed by atoms with Gasteiger partial charge in [-0.25, -0.2) is 4.90 Å². The summed E-state index contributed by atoms with van der Waals surface area (Å²) in [5, 5.41) is 8.65. The molecule has 2 amide bonds. The molecular formula is C12H11NO4S. The fourth-order valence-corrected chi connectivity index (χ4v) is 2.43. The molecule has 2 rings (SSSR count). The van der Waals surface area contributed by atoms with Crippen molar-refractivity contribution >= 4 is 35.2 Å². The van der Waals surface area contributed by atoms with E-state index in [1.165, 1.54) is 11.8 Å². The second-order valence-electron chi connectivity index (χ2n) is 3.85. The number of thioether (sulfide) groups is 1. The monoisotopic (exact) mass is 265 g/mol. The molecule has 0 saturated carbocycles. The number of carbonyl (C=O) groups excluding carboxylic acids is 2. The van der Waals surface area contributed by atoms with E-state index in [9.17, 15) is 14.4 Å². The number of benzene rings is 1. The van der Waals surface area contributed by atoms with E-state index in [0.717, 1.165) is 4.90 Å². The number of nitrogens with zero attached hydrogens (tertiary/aromatic N) is 1.